The number of aliphatic hydroxyl groups is 1. The molecule has 0 aliphatic heterocycles. The van der Waals surface area contributed by atoms with Crippen LogP contribution in [0.25, 0.3) is 11.1 Å². The number of aromatic nitrogens is 1. The van der Waals surface area contributed by atoms with Gasteiger partial charge in [0.05, 0.1) is 11.6 Å². The average molecular weight is 265 g/mol. The largest absolute Gasteiger partial charge is 0.419 e. The van der Waals surface area contributed by atoms with Crippen molar-refractivity contribution in [3.63, 3.8) is 0 Å². The highest BCUT2D eigenvalue weighted by atomic mass is 16.4. The molecule has 6 heteroatoms. The molecule has 1 heterocycles. The standard InChI is InChI=1S/C13H19N3O3/c1-15(8-10(17)6-14)7-9-3-4-12-11(5-9)16(2)13(18)19-12/h3-5,10,17H,6-8,14H2,1-2H3. The summed E-state index contributed by atoms with van der Waals surface area (Å²) in [6.07, 6.45) is -0.521. The van der Waals surface area contributed by atoms with Gasteiger partial charge in [-0.2, -0.15) is 0 Å². The van der Waals surface area contributed by atoms with E-state index in [0.29, 0.717) is 18.7 Å². The monoisotopic (exact) mass is 265 g/mol. The van der Waals surface area contributed by atoms with Gasteiger partial charge in [-0.25, -0.2) is 4.79 Å². The van der Waals surface area contributed by atoms with Crippen molar-refractivity contribution in [3.8, 4) is 0 Å². The first-order chi connectivity index (χ1) is 9.01. The number of aryl methyl sites for hydroxylation is 1. The maximum atomic E-state index is 11.4. The number of oxazole rings is 1. The van der Waals surface area contributed by atoms with E-state index in [-0.39, 0.29) is 12.3 Å². The van der Waals surface area contributed by atoms with Gasteiger partial charge >= 0.3 is 5.76 Å². The van der Waals surface area contributed by atoms with Crippen LogP contribution in [0.15, 0.2) is 27.4 Å². The van der Waals surface area contributed by atoms with Gasteiger partial charge in [-0.1, -0.05) is 6.07 Å². The molecule has 2 aromatic rings. The van der Waals surface area contributed by atoms with Gasteiger partial charge in [-0.05, 0) is 24.7 Å². The van der Waals surface area contributed by atoms with E-state index in [1.165, 1.54) is 4.57 Å². The Balaban J connectivity index is 2.17. The molecule has 1 atom stereocenters. The Hall–Kier alpha value is -1.63. The second-order valence-corrected chi connectivity index (χ2v) is 4.82. The highest BCUT2D eigenvalue weighted by molar-refractivity contribution is 5.73. The zero-order valence-corrected chi connectivity index (χ0v) is 11.2. The van der Waals surface area contributed by atoms with Gasteiger partial charge in [0.2, 0.25) is 0 Å². The minimum atomic E-state index is -0.521. The summed E-state index contributed by atoms with van der Waals surface area (Å²) in [6.45, 7) is 1.44. The third-order valence-electron chi connectivity index (χ3n) is 3.10. The van der Waals surface area contributed by atoms with Crippen LogP contribution in [0.1, 0.15) is 5.56 Å². The van der Waals surface area contributed by atoms with E-state index in [1.807, 2.05) is 24.1 Å². The second-order valence-electron chi connectivity index (χ2n) is 4.82. The molecule has 0 radical (unpaired) electrons. The zero-order valence-electron chi connectivity index (χ0n) is 11.2. The molecule has 0 saturated carbocycles. The van der Waals surface area contributed by atoms with Gasteiger partial charge in [0.25, 0.3) is 0 Å². The Morgan fingerprint density at radius 2 is 2.26 bits per heavy atom. The van der Waals surface area contributed by atoms with Crippen molar-refractivity contribution in [3.05, 3.63) is 34.3 Å². The van der Waals surface area contributed by atoms with Gasteiger partial charge in [-0.3, -0.25) is 9.47 Å². The topological polar surface area (TPSA) is 84.6 Å². The Labute approximate surface area is 111 Å². The van der Waals surface area contributed by atoms with Crippen molar-refractivity contribution in [2.75, 3.05) is 20.1 Å². The van der Waals surface area contributed by atoms with Crippen LogP contribution in [0.2, 0.25) is 0 Å². The van der Waals surface area contributed by atoms with E-state index in [2.05, 4.69) is 0 Å². The molecule has 1 aromatic heterocycles. The first kappa shape index (κ1) is 13.8. The third-order valence-corrected chi connectivity index (χ3v) is 3.10. The lowest BCUT2D eigenvalue weighted by Crippen LogP contribution is -2.33. The lowest BCUT2D eigenvalue weighted by molar-refractivity contribution is 0.129. The molecule has 104 valence electrons. The van der Waals surface area contributed by atoms with Crippen molar-refractivity contribution in [1.82, 2.24) is 9.47 Å². The van der Waals surface area contributed by atoms with E-state index in [0.717, 1.165) is 11.1 Å². The normalized spacial score (nSPS) is 13.3. The molecule has 1 aromatic carbocycles. The van der Waals surface area contributed by atoms with Gasteiger partial charge in [0.15, 0.2) is 5.58 Å². The Bertz CT molecular complexity index is 617. The van der Waals surface area contributed by atoms with E-state index in [1.54, 1.807) is 13.1 Å². The quantitative estimate of drug-likeness (QED) is 0.787. The predicted octanol–water partition coefficient (Wildman–Crippen LogP) is -0.117. The second kappa shape index (κ2) is 5.56. The minimum Gasteiger partial charge on any atom is -0.408 e. The third kappa shape index (κ3) is 3.04. The Morgan fingerprint density at radius 3 is 2.95 bits per heavy atom. The molecule has 0 fully saturated rings. The number of likely N-dealkylation sites (N-methyl/N-ethyl adjacent to an activating group) is 1. The highest BCUT2D eigenvalue weighted by Crippen LogP contribution is 2.15. The summed E-state index contributed by atoms with van der Waals surface area (Å²) >= 11 is 0. The van der Waals surface area contributed by atoms with Crippen LogP contribution in [0, 0.1) is 0 Å². The lowest BCUT2D eigenvalue weighted by Gasteiger charge is -2.19. The van der Waals surface area contributed by atoms with Crippen molar-refractivity contribution in [2.24, 2.45) is 12.8 Å². The van der Waals surface area contributed by atoms with Crippen molar-refractivity contribution < 1.29 is 9.52 Å². The van der Waals surface area contributed by atoms with Crippen LogP contribution in [-0.2, 0) is 13.6 Å². The van der Waals surface area contributed by atoms with Crippen LogP contribution in [0.4, 0.5) is 0 Å². The molecule has 0 aliphatic carbocycles. The van der Waals surface area contributed by atoms with Crippen molar-refractivity contribution >= 4 is 11.1 Å². The number of hydrogen-bond donors (Lipinski definition) is 2. The SMILES string of the molecule is CN(Cc1ccc2oc(=O)n(C)c2c1)CC(O)CN. The molecular weight excluding hydrogens is 246 g/mol. The fraction of sp³-hybridized carbons (Fsp3) is 0.462. The summed E-state index contributed by atoms with van der Waals surface area (Å²) in [7, 11) is 3.59. The van der Waals surface area contributed by atoms with E-state index >= 15 is 0 Å². The maximum absolute atomic E-state index is 11.4. The molecule has 0 aliphatic rings. The van der Waals surface area contributed by atoms with Crippen LogP contribution < -0.4 is 11.5 Å². The molecule has 0 amide bonds. The predicted molar refractivity (Wildman–Crippen MR) is 72.9 cm³/mol. The van der Waals surface area contributed by atoms with Crippen LogP contribution in [-0.4, -0.2) is 40.8 Å². The first-order valence-electron chi connectivity index (χ1n) is 6.16. The van der Waals surface area contributed by atoms with E-state index < -0.39 is 6.10 Å². The maximum Gasteiger partial charge on any atom is 0.419 e. The summed E-state index contributed by atoms with van der Waals surface area (Å²) in [4.78, 5) is 13.4. The fourth-order valence-electron chi connectivity index (χ4n) is 2.08. The van der Waals surface area contributed by atoms with Crippen molar-refractivity contribution in [2.45, 2.75) is 12.6 Å². The van der Waals surface area contributed by atoms with Crippen molar-refractivity contribution in [1.29, 1.82) is 0 Å². The molecule has 0 bridgehead atoms. The first-order valence-corrected chi connectivity index (χ1v) is 6.16. The zero-order chi connectivity index (χ0) is 14.0. The number of aliphatic hydroxyl groups excluding tert-OH is 1. The average Bonchev–Trinajstić information content (AvgIpc) is 2.65. The number of hydrogen-bond acceptors (Lipinski definition) is 5. The molecule has 1 unspecified atom stereocenters. The molecule has 0 saturated heterocycles. The summed E-state index contributed by atoms with van der Waals surface area (Å²) in [5.41, 5.74) is 7.79. The molecule has 0 spiro atoms. The van der Waals surface area contributed by atoms with E-state index in [9.17, 15) is 9.90 Å². The molecule has 2 rings (SSSR count). The summed E-state index contributed by atoms with van der Waals surface area (Å²) < 4.78 is 6.56. The number of rotatable bonds is 5. The number of benzene rings is 1. The highest BCUT2D eigenvalue weighted by Gasteiger charge is 2.09. The lowest BCUT2D eigenvalue weighted by atomic mass is 10.2. The molecule has 19 heavy (non-hydrogen) atoms. The fourth-order valence-corrected chi connectivity index (χ4v) is 2.08. The Kier molecular flexibility index (Phi) is 4.04. The summed E-state index contributed by atoms with van der Waals surface area (Å²) in [6, 6.07) is 5.63. The number of nitrogens with two attached hydrogens (primary N) is 1. The van der Waals surface area contributed by atoms with Gasteiger partial charge in [0, 0.05) is 26.7 Å². The molecule has 6 nitrogen and oxygen atoms in total. The van der Waals surface area contributed by atoms with Crippen LogP contribution >= 0.6 is 0 Å². The van der Waals surface area contributed by atoms with Gasteiger partial charge in [-0.15, -0.1) is 0 Å². The Morgan fingerprint density at radius 1 is 1.53 bits per heavy atom. The number of fused-ring (bicyclic) bond motifs is 1. The molecule has 3 N–H and O–H groups in total. The summed E-state index contributed by atoms with van der Waals surface area (Å²) in [5.74, 6) is -0.362. The van der Waals surface area contributed by atoms with Gasteiger partial charge < -0.3 is 15.3 Å². The smallest absolute Gasteiger partial charge is 0.408 e. The number of nitrogens with zero attached hydrogens (tertiary/aromatic N) is 2. The van der Waals surface area contributed by atoms with Gasteiger partial charge in [0.1, 0.15) is 0 Å². The molecular formula is C13H19N3O3. The van der Waals surface area contributed by atoms with Crippen LogP contribution in [0.3, 0.4) is 0 Å². The van der Waals surface area contributed by atoms with Crippen LogP contribution in [0.5, 0.6) is 0 Å². The minimum absolute atomic E-state index is 0.250. The van der Waals surface area contributed by atoms with E-state index in [4.69, 9.17) is 10.2 Å². The summed E-state index contributed by atoms with van der Waals surface area (Å²) in [5, 5.41) is 9.50.